The van der Waals surface area contributed by atoms with Gasteiger partial charge in [-0.2, -0.15) is 22.2 Å². The highest BCUT2D eigenvalue weighted by Gasteiger charge is 2.20. The average Bonchev–Trinajstić information content (AvgIpc) is 2.56. The van der Waals surface area contributed by atoms with Crippen molar-refractivity contribution in [3.8, 4) is 0 Å². The van der Waals surface area contributed by atoms with Gasteiger partial charge in [-0.15, -0.1) is 0 Å². The van der Waals surface area contributed by atoms with Crippen LogP contribution in [0.2, 0.25) is 0 Å². The van der Waals surface area contributed by atoms with Crippen molar-refractivity contribution in [2.45, 2.75) is 26.7 Å². The smallest absolute Gasteiger partial charge is 0.230 e. The summed E-state index contributed by atoms with van der Waals surface area (Å²) in [7, 11) is -3.14. The summed E-state index contributed by atoms with van der Waals surface area (Å²) in [6, 6.07) is 17.3. The summed E-state index contributed by atoms with van der Waals surface area (Å²) in [4.78, 5) is 6.95. The third-order valence-corrected chi connectivity index (χ3v) is 15.4. The number of rotatable bonds is 9. The lowest BCUT2D eigenvalue weighted by Crippen LogP contribution is -2.50. The van der Waals surface area contributed by atoms with Gasteiger partial charge in [0.05, 0.1) is 0 Å². The number of nitrogens with one attached hydrogen (secondary N) is 2. The van der Waals surface area contributed by atoms with Crippen molar-refractivity contribution >= 4 is 37.7 Å². The van der Waals surface area contributed by atoms with Gasteiger partial charge in [-0.25, -0.2) is 0 Å². The number of halogens is 2. The first kappa shape index (κ1) is 19.7. The van der Waals surface area contributed by atoms with Gasteiger partial charge in [0.1, 0.15) is 0 Å². The summed E-state index contributed by atoms with van der Waals surface area (Å²) in [5.74, 6) is 0. The van der Waals surface area contributed by atoms with E-state index in [1.165, 1.54) is 22.3 Å². The molecule has 0 spiro atoms. The molecule has 0 aromatic heterocycles. The van der Waals surface area contributed by atoms with E-state index in [0.717, 1.165) is 25.9 Å². The monoisotopic (exact) mass is 396 g/mol. The molecule has 0 fully saturated rings. The molecular formula is C18H26Cl2N2Si2. The van der Waals surface area contributed by atoms with Gasteiger partial charge in [0.2, 0.25) is 15.6 Å². The number of hydrogen-bond acceptors (Lipinski definition) is 2. The maximum absolute atomic E-state index is 6.53. The molecule has 0 aliphatic rings. The zero-order valence-corrected chi connectivity index (χ0v) is 18.2. The Hall–Kier alpha value is -0.626. The molecule has 0 saturated heterocycles. The van der Waals surface area contributed by atoms with Crippen molar-refractivity contribution in [2.75, 3.05) is 13.1 Å². The SMILES string of the molecule is Cc1ccc(CCN[SiH](Cl)[SiH](Cl)NCCc2cccc(C)c2)cc1. The van der Waals surface area contributed by atoms with Crippen LogP contribution in [-0.2, 0) is 12.8 Å². The van der Waals surface area contributed by atoms with Crippen molar-refractivity contribution < 1.29 is 0 Å². The molecule has 0 bridgehead atoms. The Labute approximate surface area is 158 Å². The van der Waals surface area contributed by atoms with E-state index in [1.54, 1.807) is 0 Å². The molecule has 2 unspecified atom stereocenters. The van der Waals surface area contributed by atoms with E-state index < -0.39 is 15.6 Å². The molecule has 0 aliphatic carbocycles. The lowest BCUT2D eigenvalue weighted by molar-refractivity contribution is 0.877. The zero-order valence-electron chi connectivity index (χ0n) is 14.4. The second kappa shape index (κ2) is 10.4. The fourth-order valence-electron chi connectivity index (χ4n) is 2.54. The Bertz CT molecular complexity index is 623. The van der Waals surface area contributed by atoms with Gasteiger partial charge in [0.15, 0.2) is 0 Å². The van der Waals surface area contributed by atoms with Gasteiger partial charge < -0.3 is 9.96 Å². The van der Waals surface area contributed by atoms with Crippen molar-refractivity contribution in [3.63, 3.8) is 0 Å². The average molecular weight is 397 g/mol. The van der Waals surface area contributed by atoms with Gasteiger partial charge in [0.25, 0.3) is 0 Å². The normalized spacial score (nSPS) is 13.7. The van der Waals surface area contributed by atoms with Crippen LogP contribution in [0.1, 0.15) is 22.3 Å². The van der Waals surface area contributed by atoms with Gasteiger partial charge in [-0.3, -0.25) is 0 Å². The van der Waals surface area contributed by atoms with Gasteiger partial charge in [-0.05, 0) is 50.9 Å². The maximum atomic E-state index is 6.53. The molecule has 6 heteroatoms. The van der Waals surface area contributed by atoms with E-state index in [0.29, 0.717) is 0 Å². The highest BCUT2D eigenvalue weighted by Crippen LogP contribution is 2.05. The number of benzene rings is 2. The first-order valence-corrected chi connectivity index (χ1v) is 15.7. The molecule has 0 amide bonds. The molecule has 0 heterocycles. The van der Waals surface area contributed by atoms with Crippen molar-refractivity contribution in [1.29, 1.82) is 0 Å². The van der Waals surface area contributed by atoms with Crippen LogP contribution in [0.5, 0.6) is 0 Å². The Morgan fingerprint density at radius 2 is 1.33 bits per heavy atom. The summed E-state index contributed by atoms with van der Waals surface area (Å²) in [6.45, 7) is 6.03. The zero-order chi connectivity index (χ0) is 17.4. The van der Waals surface area contributed by atoms with E-state index in [1.807, 2.05) is 0 Å². The third kappa shape index (κ3) is 7.09. The first-order chi connectivity index (χ1) is 11.5. The van der Waals surface area contributed by atoms with Crippen molar-refractivity contribution in [2.24, 2.45) is 0 Å². The van der Waals surface area contributed by atoms with Crippen LogP contribution in [0.3, 0.4) is 0 Å². The topological polar surface area (TPSA) is 24.1 Å². The first-order valence-electron chi connectivity index (χ1n) is 8.40. The Morgan fingerprint density at radius 1 is 0.750 bits per heavy atom. The van der Waals surface area contributed by atoms with E-state index in [4.69, 9.17) is 22.2 Å². The Balaban J connectivity index is 1.64. The van der Waals surface area contributed by atoms with Crippen LogP contribution in [0.15, 0.2) is 48.5 Å². The van der Waals surface area contributed by atoms with Crippen LogP contribution >= 0.6 is 22.2 Å². The predicted molar refractivity (Wildman–Crippen MR) is 112 cm³/mol. The van der Waals surface area contributed by atoms with Crippen LogP contribution < -0.4 is 9.96 Å². The molecule has 2 atom stereocenters. The summed E-state index contributed by atoms with van der Waals surface area (Å²) in [5, 5.41) is 0. The van der Waals surface area contributed by atoms with Crippen LogP contribution in [0.25, 0.3) is 0 Å². The van der Waals surface area contributed by atoms with Gasteiger partial charge >= 0.3 is 0 Å². The van der Waals surface area contributed by atoms with E-state index in [-0.39, 0.29) is 0 Å². The maximum Gasteiger partial charge on any atom is 0.230 e. The standard InChI is InChI=1S/C18H26Cl2N2Si2/c1-15-6-8-17(9-7-15)10-12-21-23(19)24(20)22-13-11-18-5-3-4-16(2)14-18/h3-9,14,21-24H,10-13H2,1-2H3. The highest BCUT2D eigenvalue weighted by atomic mass is 35.6. The minimum atomic E-state index is -1.57. The summed E-state index contributed by atoms with van der Waals surface area (Å²) < 4.78 is 0. The van der Waals surface area contributed by atoms with Crippen molar-refractivity contribution in [3.05, 3.63) is 70.8 Å². The Kier molecular flexibility index (Phi) is 8.52. The fourth-order valence-corrected chi connectivity index (χ4v) is 8.29. The third-order valence-electron chi connectivity index (χ3n) is 3.97. The van der Waals surface area contributed by atoms with E-state index >= 15 is 0 Å². The minimum absolute atomic E-state index is 0.902. The molecule has 2 nitrogen and oxygen atoms in total. The van der Waals surface area contributed by atoms with Gasteiger partial charge in [0, 0.05) is 0 Å². The molecule has 2 rings (SSSR count). The van der Waals surface area contributed by atoms with Crippen molar-refractivity contribution in [1.82, 2.24) is 9.96 Å². The van der Waals surface area contributed by atoms with Crippen LogP contribution in [0, 0.1) is 13.8 Å². The molecule has 2 N–H and O–H groups in total. The summed E-state index contributed by atoms with van der Waals surface area (Å²) >= 11 is 13.1. The quantitative estimate of drug-likeness (QED) is 0.501. The van der Waals surface area contributed by atoms with Gasteiger partial charge in [-0.1, -0.05) is 59.7 Å². The predicted octanol–water partition coefficient (Wildman–Crippen LogP) is 3.26. The largest absolute Gasteiger partial charge is 0.328 e. The molecule has 24 heavy (non-hydrogen) atoms. The van der Waals surface area contributed by atoms with E-state index in [2.05, 4.69) is 72.3 Å². The second-order valence-corrected chi connectivity index (χ2v) is 18.0. The molecule has 0 saturated carbocycles. The number of aryl methyl sites for hydroxylation is 2. The molecule has 2 aromatic rings. The lowest BCUT2D eigenvalue weighted by Gasteiger charge is -2.16. The molecule has 2 aromatic carbocycles. The van der Waals surface area contributed by atoms with E-state index in [9.17, 15) is 0 Å². The Morgan fingerprint density at radius 3 is 1.92 bits per heavy atom. The highest BCUT2D eigenvalue weighted by molar-refractivity contribution is 7.54. The lowest BCUT2D eigenvalue weighted by atomic mass is 10.1. The molecule has 130 valence electrons. The fraction of sp³-hybridized carbons (Fsp3) is 0.333. The molecular weight excluding hydrogens is 371 g/mol. The summed E-state index contributed by atoms with van der Waals surface area (Å²) in [6.07, 6.45) is 2.00. The summed E-state index contributed by atoms with van der Waals surface area (Å²) in [5.41, 5.74) is 5.28. The minimum Gasteiger partial charge on any atom is -0.328 e. The number of hydrogen-bond donors (Lipinski definition) is 2. The van der Waals surface area contributed by atoms with Crippen LogP contribution in [-0.4, -0.2) is 28.7 Å². The molecule has 0 aliphatic heterocycles. The second-order valence-electron chi connectivity index (χ2n) is 6.19. The van der Waals surface area contributed by atoms with Crippen LogP contribution in [0.4, 0.5) is 0 Å². The molecule has 0 radical (unpaired) electrons.